The summed E-state index contributed by atoms with van der Waals surface area (Å²) in [7, 11) is 0. The van der Waals surface area contributed by atoms with Crippen molar-refractivity contribution in [1.29, 1.82) is 0 Å². The van der Waals surface area contributed by atoms with Gasteiger partial charge in [-0.3, -0.25) is 9.13 Å². The van der Waals surface area contributed by atoms with Crippen LogP contribution >= 0.6 is 23.5 Å². The molecular formula is C104H62N6S2. The summed E-state index contributed by atoms with van der Waals surface area (Å²) >= 11 is 3.76. The van der Waals surface area contributed by atoms with Crippen molar-refractivity contribution < 1.29 is 0 Å². The van der Waals surface area contributed by atoms with E-state index in [0.29, 0.717) is 11.9 Å². The van der Waals surface area contributed by atoms with Crippen LogP contribution in [0.3, 0.4) is 0 Å². The molecule has 4 aliphatic rings. The standard InChI is InChI=1S/C55H33N3S.C49H29N3S/c1-2-14-34(15-3-1)35-26-28-37(29-27-35)50-43-20-8-12-24-48(43)56-54(57-50)58-51-38-17-5-4-16-36(38)30-31-41(51)42-32-33-47-53(52(42)58)59-49-25-13-11-23-46(49)55(47)44-21-9-6-18-39(44)40-19-7-10-22-45(40)55;1-2-15-31(16-3-1)44-37-20-8-12-24-42(37)50-48(51-44)52-45-32-17-5-4-14-30(32)26-27-35(45)36-28-29-41-47(46(36)52)53-43-25-13-11-23-40(43)49(41)38-21-9-6-18-33(38)34-19-7-10-22-39(34)49/h1-33H;1-29H. The van der Waals surface area contributed by atoms with E-state index >= 15 is 0 Å². The minimum atomic E-state index is -0.502. The average Bonchev–Trinajstić information content (AvgIpc) is 1.50. The highest BCUT2D eigenvalue weighted by Crippen LogP contribution is 2.66. The quantitative estimate of drug-likeness (QED) is 0.171. The molecule has 0 radical (unpaired) electrons. The largest absolute Gasteiger partial charge is 0.276 e. The summed E-state index contributed by atoms with van der Waals surface area (Å²) in [6, 6.07) is 137. The summed E-state index contributed by atoms with van der Waals surface area (Å²) < 4.78 is 4.77. The second-order valence-corrected chi connectivity index (χ2v) is 31.8. The lowest BCUT2D eigenvalue weighted by molar-refractivity contribution is 0.724. The third-order valence-corrected chi connectivity index (χ3v) is 26.5. The molecule has 6 nitrogen and oxygen atoms in total. The maximum atomic E-state index is 5.62. The Morgan fingerprint density at radius 3 is 0.955 bits per heavy atom. The number of rotatable bonds is 5. The summed E-state index contributed by atoms with van der Waals surface area (Å²) in [6.07, 6.45) is 0. The minimum absolute atomic E-state index is 0.485. The predicted molar refractivity (Wildman–Crippen MR) is 462 cm³/mol. The molecule has 0 unspecified atom stereocenters. The molecule has 17 aromatic carbocycles. The maximum Gasteiger partial charge on any atom is 0.235 e. The SMILES string of the molecule is c1ccc(-c2ccc(-c3nc(-n4c5c6c(ccc5c5ccc7ccccc7c54)C4(c5ccccc5S6)c5ccccc5-c5ccccc54)nc4ccccc34)cc2)cc1.c1ccc(-c2nc(-n3c4c5c(ccc4c4ccc6ccccc6c43)C3(c4ccccc4S5)c4ccccc4-c4ccccc43)nc3ccccc23)cc1. The van der Waals surface area contributed by atoms with E-state index in [9.17, 15) is 0 Å². The van der Waals surface area contributed by atoms with Crippen molar-refractivity contribution in [2.75, 3.05) is 0 Å². The number of benzene rings is 17. The third kappa shape index (κ3) is 8.84. The second-order valence-electron chi connectivity index (χ2n) is 29.7. The Morgan fingerprint density at radius 2 is 0.518 bits per heavy atom. The number of aromatic nitrogens is 6. The molecule has 6 heterocycles. The highest BCUT2D eigenvalue weighted by molar-refractivity contribution is 8.00. The van der Waals surface area contributed by atoms with Gasteiger partial charge >= 0.3 is 0 Å². The Hall–Kier alpha value is -13.8. The molecule has 2 aliphatic heterocycles. The fourth-order valence-electron chi connectivity index (χ4n) is 19.6. The van der Waals surface area contributed by atoms with E-state index in [2.05, 4.69) is 385 Å². The lowest BCUT2D eigenvalue weighted by atomic mass is 9.67. The Morgan fingerprint density at radius 1 is 0.205 bits per heavy atom. The van der Waals surface area contributed by atoms with Crippen LogP contribution in [-0.4, -0.2) is 29.1 Å². The number of hydrogen-bond donors (Lipinski definition) is 0. The van der Waals surface area contributed by atoms with Crippen molar-refractivity contribution in [1.82, 2.24) is 29.1 Å². The van der Waals surface area contributed by atoms with Gasteiger partial charge in [0.25, 0.3) is 0 Å². The number of fused-ring (bicyclic) bond motifs is 32. The molecule has 4 aromatic heterocycles. The Balaban J connectivity index is 0.000000131. The van der Waals surface area contributed by atoms with Gasteiger partial charge in [-0.1, -0.05) is 375 Å². The molecule has 112 heavy (non-hydrogen) atoms. The van der Waals surface area contributed by atoms with Gasteiger partial charge in [0, 0.05) is 73.8 Å². The molecule has 0 bridgehead atoms. The molecule has 21 aromatic rings. The van der Waals surface area contributed by atoms with Gasteiger partial charge in [0.05, 0.1) is 55.3 Å². The number of para-hydroxylation sites is 2. The molecule has 0 fully saturated rings. The van der Waals surface area contributed by atoms with Gasteiger partial charge < -0.3 is 0 Å². The van der Waals surface area contributed by atoms with Crippen molar-refractivity contribution in [2.45, 2.75) is 30.4 Å². The fraction of sp³-hybridized carbons (Fsp3) is 0.0192. The third-order valence-electron chi connectivity index (χ3n) is 24.2. The first kappa shape index (κ1) is 63.2. The predicted octanol–water partition coefficient (Wildman–Crippen LogP) is 26.4. The Labute approximate surface area is 653 Å². The topological polar surface area (TPSA) is 61.4 Å². The van der Waals surface area contributed by atoms with Crippen LogP contribution < -0.4 is 0 Å². The Bertz CT molecular complexity index is 7500. The van der Waals surface area contributed by atoms with Crippen LogP contribution in [0, 0.1) is 0 Å². The molecular weight excluding hydrogens is 1400 g/mol. The molecule has 0 saturated heterocycles. The highest BCUT2D eigenvalue weighted by Gasteiger charge is 2.53. The summed E-state index contributed by atoms with van der Waals surface area (Å²) in [5.41, 5.74) is 27.4. The van der Waals surface area contributed by atoms with Gasteiger partial charge in [-0.15, -0.1) is 0 Å². The van der Waals surface area contributed by atoms with Crippen LogP contribution in [0.1, 0.15) is 44.5 Å². The highest BCUT2D eigenvalue weighted by atomic mass is 32.2. The first-order valence-corrected chi connectivity index (χ1v) is 39.9. The van der Waals surface area contributed by atoms with Gasteiger partial charge in [-0.05, 0) is 113 Å². The first-order valence-electron chi connectivity index (χ1n) is 38.3. The van der Waals surface area contributed by atoms with Crippen LogP contribution in [0.5, 0.6) is 0 Å². The van der Waals surface area contributed by atoms with Gasteiger partial charge in [0.1, 0.15) is 0 Å². The zero-order valence-electron chi connectivity index (χ0n) is 60.3. The van der Waals surface area contributed by atoms with E-state index in [1.54, 1.807) is 0 Å². The fourth-order valence-corrected chi connectivity index (χ4v) is 22.2. The molecule has 25 rings (SSSR count). The summed E-state index contributed by atoms with van der Waals surface area (Å²) in [6.45, 7) is 0. The molecule has 0 atom stereocenters. The van der Waals surface area contributed by atoms with E-state index in [0.717, 1.165) is 66.4 Å². The lowest BCUT2D eigenvalue weighted by Crippen LogP contribution is -2.32. The molecule has 0 saturated carbocycles. The summed E-state index contributed by atoms with van der Waals surface area (Å²) in [5, 5.41) is 11.6. The monoisotopic (exact) mass is 1460 g/mol. The molecule has 0 amide bonds. The van der Waals surface area contributed by atoms with E-state index in [1.807, 2.05) is 23.5 Å². The van der Waals surface area contributed by atoms with Crippen LogP contribution in [0.25, 0.3) is 155 Å². The van der Waals surface area contributed by atoms with Crippen molar-refractivity contribution >= 4 is 110 Å². The van der Waals surface area contributed by atoms with Crippen LogP contribution in [0.15, 0.2) is 396 Å². The number of nitrogens with zero attached hydrogens (tertiary/aromatic N) is 6. The molecule has 2 aliphatic carbocycles. The van der Waals surface area contributed by atoms with Gasteiger partial charge in [-0.25, -0.2) is 19.9 Å². The molecule has 0 N–H and O–H groups in total. The first-order chi connectivity index (χ1) is 55.6. The zero-order valence-corrected chi connectivity index (χ0v) is 61.9. The average molecular weight is 1460 g/mol. The van der Waals surface area contributed by atoms with Crippen molar-refractivity contribution in [3.8, 4) is 67.8 Å². The summed E-state index contributed by atoms with van der Waals surface area (Å²) in [5.74, 6) is 1.34. The van der Waals surface area contributed by atoms with Gasteiger partial charge in [-0.2, -0.15) is 0 Å². The number of hydrogen-bond acceptors (Lipinski definition) is 6. The normalized spacial score (nSPS) is 13.6. The smallest absolute Gasteiger partial charge is 0.235 e. The molecule has 2 spiro atoms. The van der Waals surface area contributed by atoms with Crippen LogP contribution in [-0.2, 0) is 10.8 Å². The van der Waals surface area contributed by atoms with E-state index < -0.39 is 10.8 Å². The zero-order chi connectivity index (χ0) is 73.3. The van der Waals surface area contributed by atoms with E-state index in [1.165, 1.54) is 141 Å². The maximum absolute atomic E-state index is 5.62. The van der Waals surface area contributed by atoms with Crippen molar-refractivity contribution in [3.63, 3.8) is 0 Å². The van der Waals surface area contributed by atoms with E-state index in [4.69, 9.17) is 19.9 Å². The molecule has 520 valence electrons. The van der Waals surface area contributed by atoms with Crippen LogP contribution in [0.4, 0.5) is 0 Å². The Kier molecular flexibility index (Phi) is 13.8. The second kappa shape index (κ2) is 24.4. The van der Waals surface area contributed by atoms with Crippen molar-refractivity contribution in [3.05, 3.63) is 421 Å². The summed E-state index contributed by atoms with van der Waals surface area (Å²) in [4.78, 5) is 27.0. The van der Waals surface area contributed by atoms with E-state index in [-0.39, 0.29) is 0 Å². The van der Waals surface area contributed by atoms with Crippen LogP contribution in [0.2, 0.25) is 0 Å². The molecule has 8 heteroatoms. The van der Waals surface area contributed by atoms with Gasteiger partial charge in [0.15, 0.2) is 0 Å². The minimum Gasteiger partial charge on any atom is -0.276 e. The van der Waals surface area contributed by atoms with Gasteiger partial charge in [0.2, 0.25) is 11.9 Å². The lowest BCUT2D eigenvalue weighted by Gasteiger charge is -2.40. The van der Waals surface area contributed by atoms with Crippen molar-refractivity contribution in [2.24, 2.45) is 0 Å².